The Balaban J connectivity index is 2.59. The van der Waals surface area contributed by atoms with Gasteiger partial charge in [0.15, 0.2) is 0 Å². The first-order valence-corrected chi connectivity index (χ1v) is 5.76. The maximum Gasteiger partial charge on any atom is 0.319 e. The second-order valence-electron chi connectivity index (χ2n) is 3.65. The second kappa shape index (κ2) is 5.86. The normalized spacial score (nSPS) is 12.0. The molecule has 0 aromatic heterocycles. The van der Waals surface area contributed by atoms with Crippen LogP contribution in [0.1, 0.15) is 12.5 Å². The van der Waals surface area contributed by atoms with E-state index in [9.17, 15) is 4.79 Å². The van der Waals surface area contributed by atoms with Crippen molar-refractivity contribution in [3.05, 3.63) is 28.2 Å². The third-order valence-electron chi connectivity index (χ3n) is 2.08. The second-order valence-corrected chi connectivity index (χ2v) is 4.50. The van der Waals surface area contributed by atoms with Gasteiger partial charge in [-0.1, -0.05) is 22.0 Å². The number of rotatable bonds is 3. The highest BCUT2D eigenvalue weighted by atomic mass is 79.9. The lowest BCUT2D eigenvalue weighted by Crippen LogP contribution is -2.38. The average molecular weight is 287 g/mol. The molecular weight excluding hydrogens is 272 g/mol. The van der Waals surface area contributed by atoms with Crippen molar-refractivity contribution in [3.8, 4) is 0 Å². The zero-order valence-corrected chi connectivity index (χ0v) is 10.8. The van der Waals surface area contributed by atoms with Crippen molar-refractivity contribution in [1.82, 2.24) is 5.32 Å². The third-order valence-corrected chi connectivity index (χ3v) is 2.94. The number of anilines is 1. The van der Waals surface area contributed by atoms with Crippen LogP contribution < -0.4 is 10.6 Å². The molecule has 1 atom stereocenters. The molecule has 0 fully saturated rings. The highest BCUT2D eigenvalue weighted by molar-refractivity contribution is 9.10. The molecule has 4 nitrogen and oxygen atoms in total. The summed E-state index contributed by atoms with van der Waals surface area (Å²) in [5.41, 5.74) is 1.81. The van der Waals surface area contributed by atoms with Gasteiger partial charge in [0.25, 0.3) is 0 Å². The zero-order valence-electron chi connectivity index (χ0n) is 9.25. The molecule has 0 spiro atoms. The fraction of sp³-hybridized carbons (Fsp3) is 0.364. The van der Waals surface area contributed by atoms with Crippen LogP contribution in [0.5, 0.6) is 0 Å². The zero-order chi connectivity index (χ0) is 12.1. The number of amides is 2. The fourth-order valence-corrected chi connectivity index (χ4v) is 1.49. The van der Waals surface area contributed by atoms with Crippen molar-refractivity contribution in [3.63, 3.8) is 0 Å². The minimum Gasteiger partial charge on any atom is -0.394 e. The SMILES string of the molecule is Cc1ccc(NC(=O)NC(C)CO)cc1Br. The van der Waals surface area contributed by atoms with Gasteiger partial charge in [0.2, 0.25) is 0 Å². The van der Waals surface area contributed by atoms with E-state index in [1.807, 2.05) is 25.1 Å². The number of benzene rings is 1. The summed E-state index contributed by atoms with van der Waals surface area (Å²) >= 11 is 3.39. The molecule has 3 N–H and O–H groups in total. The van der Waals surface area contributed by atoms with Gasteiger partial charge in [-0.2, -0.15) is 0 Å². The van der Waals surface area contributed by atoms with Crippen molar-refractivity contribution >= 4 is 27.6 Å². The van der Waals surface area contributed by atoms with Gasteiger partial charge in [-0.3, -0.25) is 0 Å². The van der Waals surface area contributed by atoms with Gasteiger partial charge in [0.05, 0.1) is 12.6 Å². The Labute approximate surface area is 103 Å². The molecule has 1 aromatic carbocycles. The number of halogens is 1. The molecule has 0 bridgehead atoms. The van der Waals surface area contributed by atoms with Gasteiger partial charge < -0.3 is 15.7 Å². The van der Waals surface area contributed by atoms with E-state index in [2.05, 4.69) is 26.6 Å². The fourth-order valence-electron chi connectivity index (χ4n) is 1.11. The number of carbonyl (C=O) groups is 1. The average Bonchev–Trinajstić information content (AvgIpc) is 2.23. The summed E-state index contributed by atoms with van der Waals surface area (Å²) in [7, 11) is 0. The third kappa shape index (κ3) is 3.83. The molecule has 0 radical (unpaired) electrons. The van der Waals surface area contributed by atoms with Crippen molar-refractivity contribution in [2.45, 2.75) is 19.9 Å². The van der Waals surface area contributed by atoms with Gasteiger partial charge in [-0.25, -0.2) is 4.79 Å². The van der Waals surface area contributed by atoms with E-state index in [0.29, 0.717) is 5.69 Å². The molecule has 5 heteroatoms. The Bertz CT molecular complexity index is 382. The van der Waals surface area contributed by atoms with E-state index in [0.717, 1.165) is 10.0 Å². The van der Waals surface area contributed by atoms with Crippen LogP contribution >= 0.6 is 15.9 Å². The molecular formula is C11H15BrN2O2. The Morgan fingerprint density at radius 3 is 2.81 bits per heavy atom. The standard InChI is InChI=1S/C11H15BrN2O2/c1-7-3-4-9(5-10(7)12)14-11(16)13-8(2)6-15/h3-5,8,15H,6H2,1-2H3,(H2,13,14,16). The summed E-state index contributed by atoms with van der Waals surface area (Å²) in [4.78, 5) is 11.4. The maximum atomic E-state index is 11.4. The van der Waals surface area contributed by atoms with E-state index < -0.39 is 0 Å². The minimum atomic E-state index is -0.322. The molecule has 1 aromatic rings. The van der Waals surface area contributed by atoms with Crippen molar-refractivity contribution in [2.75, 3.05) is 11.9 Å². The van der Waals surface area contributed by atoms with E-state index in [1.165, 1.54) is 0 Å². The first-order chi connectivity index (χ1) is 7.52. The summed E-state index contributed by atoms with van der Waals surface area (Å²) in [6, 6.07) is 4.99. The lowest BCUT2D eigenvalue weighted by molar-refractivity contribution is 0.229. The first kappa shape index (κ1) is 13.0. The van der Waals surface area contributed by atoms with E-state index in [1.54, 1.807) is 6.92 Å². The first-order valence-electron chi connectivity index (χ1n) is 4.97. The summed E-state index contributed by atoms with van der Waals surface area (Å²) in [6.45, 7) is 3.62. The Morgan fingerprint density at radius 2 is 2.25 bits per heavy atom. The number of aliphatic hydroxyl groups excluding tert-OH is 1. The largest absolute Gasteiger partial charge is 0.394 e. The van der Waals surface area contributed by atoms with Crippen LogP contribution in [0, 0.1) is 6.92 Å². The molecule has 0 aliphatic heterocycles. The van der Waals surface area contributed by atoms with E-state index >= 15 is 0 Å². The molecule has 1 unspecified atom stereocenters. The van der Waals surface area contributed by atoms with Gasteiger partial charge in [-0.05, 0) is 31.5 Å². The molecule has 16 heavy (non-hydrogen) atoms. The van der Waals surface area contributed by atoms with Crippen molar-refractivity contribution < 1.29 is 9.90 Å². The summed E-state index contributed by atoms with van der Waals surface area (Å²) in [6.07, 6.45) is 0. The van der Waals surface area contributed by atoms with Crippen molar-refractivity contribution in [2.24, 2.45) is 0 Å². The lowest BCUT2D eigenvalue weighted by Gasteiger charge is -2.12. The van der Waals surface area contributed by atoms with Gasteiger partial charge >= 0.3 is 6.03 Å². The summed E-state index contributed by atoms with van der Waals surface area (Å²) in [5, 5.41) is 14.1. The maximum absolute atomic E-state index is 11.4. The van der Waals surface area contributed by atoms with E-state index in [4.69, 9.17) is 5.11 Å². The van der Waals surface area contributed by atoms with Crippen LogP contribution in [0.25, 0.3) is 0 Å². The lowest BCUT2D eigenvalue weighted by atomic mass is 10.2. The van der Waals surface area contributed by atoms with Crippen LogP contribution in [-0.4, -0.2) is 23.8 Å². The van der Waals surface area contributed by atoms with Crippen LogP contribution in [-0.2, 0) is 0 Å². The molecule has 1 rings (SSSR count). The van der Waals surface area contributed by atoms with Crippen LogP contribution in [0.2, 0.25) is 0 Å². The monoisotopic (exact) mass is 286 g/mol. The molecule has 0 aliphatic rings. The Hall–Kier alpha value is -1.07. The molecule has 0 saturated heterocycles. The van der Waals surface area contributed by atoms with Gasteiger partial charge in [-0.15, -0.1) is 0 Å². The molecule has 0 heterocycles. The van der Waals surface area contributed by atoms with E-state index in [-0.39, 0.29) is 18.7 Å². The van der Waals surface area contributed by atoms with Crippen LogP contribution in [0.4, 0.5) is 10.5 Å². The number of aliphatic hydroxyl groups is 1. The highest BCUT2D eigenvalue weighted by Gasteiger charge is 2.06. The Kier molecular flexibility index (Phi) is 4.76. The topological polar surface area (TPSA) is 61.4 Å². The minimum absolute atomic E-state index is 0.0784. The molecule has 2 amide bonds. The smallest absolute Gasteiger partial charge is 0.319 e. The quantitative estimate of drug-likeness (QED) is 0.798. The number of nitrogens with one attached hydrogen (secondary N) is 2. The van der Waals surface area contributed by atoms with Crippen molar-refractivity contribution in [1.29, 1.82) is 0 Å². The van der Waals surface area contributed by atoms with Crippen LogP contribution in [0.15, 0.2) is 22.7 Å². The predicted molar refractivity (Wildman–Crippen MR) is 67.6 cm³/mol. The molecule has 0 aliphatic carbocycles. The van der Waals surface area contributed by atoms with Gasteiger partial charge in [0, 0.05) is 10.2 Å². The predicted octanol–water partition coefficient (Wildman–Crippen LogP) is 2.26. The molecule has 0 saturated carbocycles. The number of carbonyl (C=O) groups excluding carboxylic acids is 1. The number of aryl methyl sites for hydroxylation is 1. The van der Waals surface area contributed by atoms with Crippen LogP contribution in [0.3, 0.4) is 0 Å². The van der Waals surface area contributed by atoms with Gasteiger partial charge in [0.1, 0.15) is 0 Å². The summed E-state index contributed by atoms with van der Waals surface area (Å²) in [5.74, 6) is 0. The highest BCUT2D eigenvalue weighted by Crippen LogP contribution is 2.20. The Morgan fingerprint density at radius 1 is 1.56 bits per heavy atom. The number of hydrogen-bond acceptors (Lipinski definition) is 2. The molecule has 88 valence electrons. The summed E-state index contributed by atoms with van der Waals surface area (Å²) < 4.78 is 0.945. The number of urea groups is 1. The number of hydrogen-bond donors (Lipinski definition) is 3.